The first-order valence-electron chi connectivity index (χ1n) is 8.33. The molecule has 0 saturated carbocycles. The molecule has 2 N–H and O–H groups in total. The van der Waals surface area contributed by atoms with E-state index in [2.05, 4.69) is 9.97 Å². The minimum Gasteiger partial charge on any atom is -0.480 e. The van der Waals surface area contributed by atoms with Crippen LogP contribution in [0.25, 0.3) is 0 Å². The zero-order chi connectivity index (χ0) is 20.2. The molecule has 2 aromatic rings. The molecule has 0 saturated heterocycles. The summed E-state index contributed by atoms with van der Waals surface area (Å²) in [6.07, 6.45) is 1.44. The van der Waals surface area contributed by atoms with Gasteiger partial charge in [-0.3, -0.25) is 4.79 Å². The first kappa shape index (κ1) is 20.0. The van der Waals surface area contributed by atoms with Gasteiger partial charge < -0.3 is 19.7 Å². The lowest BCUT2D eigenvalue weighted by Gasteiger charge is -2.32. The molecule has 0 aliphatic heterocycles. The van der Waals surface area contributed by atoms with E-state index < -0.39 is 30.1 Å². The molecule has 8 heteroatoms. The van der Waals surface area contributed by atoms with E-state index in [0.717, 1.165) is 0 Å². The van der Waals surface area contributed by atoms with Gasteiger partial charge in [0.1, 0.15) is 12.1 Å². The Morgan fingerprint density at radius 2 is 2.11 bits per heavy atom. The third kappa shape index (κ3) is 5.07. The molecule has 1 atom stereocenters. The molecule has 0 aliphatic carbocycles. The fraction of sp³-hybridized carbons (Fsp3) is 0.368. The molecule has 142 valence electrons. The lowest BCUT2D eigenvalue weighted by Crippen LogP contribution is -2.41. The first-order valence-corrected chi connectivity index (χ1v) is 8.33. The van der Waals surface area contributed by atoms with Gasteiger partial charge in [0.15, 0.2) is 6.04 Å². The fourth-order valence-corrected chi connectivity index (χ4v) is 2.62. The van der Waals surface area contributed by atoms with Crippen molar-refractivity contribution in [1.82, 2.24) is 9.97 Å². The predicted octanol–water partition coefficient (Wildman–Crippen LogP) is 2.56. The molecule has 0 aliphatic rings. The summed E-state index contributed by atoms with van der Waals surface area (Å²) in [5.74, 6) is -1.75. The van der Waals surface area contributed by atoms with Crippen molar-refractivity contribution in [2.75, 3.05) is 11.4 Å². The molecule has 8 nitrogen and oxygen atoms in total. The average Bonchev–Trinajstić information content (AvgIpc) is 2.98. The highest BCUT2D eigenvalue weighted by Gasteiger charge is 2.36. The molecule has 0 spiro atoms. The number of nitriles is 1. The van der Waals surface area contributed by atoms with E-state index >= 15 is 0 Å². The van der Waals surface area contributed by atoms with E-state index in [1.165, 1.54) is 17.3 Å². The van der Waals surface area contributed by atoms with Gasteiger partial charge in [-0.25, -0.2) is 9.78 Å². The number of H-pyrrole nitrogens is 1. The highest BCUT2D eigenvalue weighted by atomic mass is 16.6. The van der Waals surface area contributed by atoms with Crippen molar-refractivity contribution in [3.8, 4) is 6.07 Å². The zero-order valence-corrected chi connectivity index (χ0v) is 15.7. The van der Waals surface area contributed by atoms with E-state index in [9.17, 15) is 14.7 Å². The molecule has 1 unspecified atom stereocenters. The summed E-state index contributed by atoms with van der Waals surface area (Å²) >= 11 is 0. The quantitative estimate of drug-likeness (QED) is 0.750. The number of aliphatic carboxylic acids is 1. The number of carbonyl (C=O) groups excluding carboxylic acids is 1. The van der Waals surface area contributed by atoms with Gasteiger partial charge in [-0.2, -0.15) is 5.26 Å². The summed E-state index contributed by atoms with van der Waals surface area (Å²) in [6.45, 7) is 6.47. The molecule has 27 heavy (non-hydrogen) atoms. The maximum atomic E-state index is 13.0. The number of aromatic amines is 1. The number of ether oxygens (including phenoxy) is 1. The molecule has 0 fully saturated rings. The van der Waals surface area contributed by atoms with E-state index in [1.807, 2.05) is 6.07 Å². The number of nitrogens with zero attached hydrogens (tertiary/aromatic N) is 3. The van der Waals surface area contributed by atoms with Crippen molar-refractivity contribution < 1.29 is 19.4 Å². The maximum Gasteiger partial charge on any atom is 0.335 e. The Morgan fingerprint density at radius 1 is 1.41 bits per heavy atom. The number of hydrogen-bond donors (Lipinski definition) is 2. The SMILES string of the molecule is Cc1[nH]cnc1C(C(=O)OC(C)(C)C)N(CC(=O)O)c1cccc(C#N)c1. The summed E-state index contributed by atoms with van der Waals surface area (Å²) in [5, 5.41) is 18.6. The number of benzene rings is 1. The Kier molecular flexibility index (Phi) is 5.85. The minimum atomic E-state index is -1.13. The van der Waals surface area contributed by atoms with Crippen LogP contribution in [0.15, 0.2) is 30.6 Å². The van der Waals surface area contributed by atoms with E-state index in [4.69, 9.17) is 10.00 Å². The van der Waals surface area contributed by atoms with Crippen molar-refractivity contribution in [3.63, 3.8) is 0 Å². The predicted molar refractivity (Wildman–Crippen MR) is 98.0 cm³/mol. The zero-order valence-electron chi connectivity index (χ0n) is 15.7. The Hall–Kier alpha value is -3.34. The fourth-order valence-electron chi connectivity index (χ4n) is 2.62. The molecular formula is C19H22N4O4. The lowest BCUT2D eigenvalue weighted by atomic mass is 10.1. The standard InChI is InChI=1S/C19H22N4O4/c1-12-16(22-11-21-12)17(18(26)27-19(2,3)4)23(10-15(24)25)14-7-5-6-13(8-14)9-20/h5-8,11,17H,10H2,1-4H3,(H,21,22)(H,24,25). The van der Waals surface area contributed by atoms with Crippen LogP contribution >= 0.6 is 0 Å². The summed E-state index contributed by atoms with van der Waals surface area (Å²) in [6, 6.07) is 7.34. The number of esters is 1. The number of imidazole rings is 1. The second kappa shape index (κ2) is 7.91. The topological polar surface area (TPSA) is 119 Å². The van der Waals surface area contributed by atoms with Crippen LogP contribution in [0.4, 0.5) is 5.69 Å². The number of aryl methyl sites for hydroxylation is 1. The van der Waals surface area contributed by atoms with Crippen LogP contribution in [0.5, 0.6) is 0 Å². The van der Waals surface area contributed by atoms with Gasteiger partial charge in [0.25, 0.3) is 0 Å². The van der Waals surface area contributed by atoms with Crippen molar-refractivity contribution in [1.29, 1.82) is 5.26 Å². The van der Waals surface area contributed by atoms with Crippen LogP contribution in [0.3, 0.4) is 0 Å². The van der Waals surface area contributed by atoms with Gasteiger partial charge in [-0.05, 0) is 45.9 Å². The van der Waals surface area contributed by atoms with Gasteiger partial charge in [-0.1, -0.05) is 6.07 Å². The average molecular weight is 370 g/mol. The Morgan fingerprint density at radius 3 is 2.63 bits per heavy atom. The Bertz CT molecular complexity index is 876. The molecule has 0 radical (unpaired) electrons. The van der Waals surface area contributed by atoms with E-state index in [0.29, 0.717) is 22.6 Å². The summed E-state index contributed by atoms with van der Waals surface area (Å²) in [7, 11) is 0. The van der Waals surface area contributed by atoms with Gasteiger partial charge >= 0.3 is 11.9 Å². The first-order chi connectivity index (χ1) is 12.6. The number of rotatable bonds is 6. The van der Waals surface area contributed by atoms with Gasteiger partial charge in [0, 0.05) is 11.4 Å². The maximum absolute atomic E-state index is 13.0. The van der Waals surface area contributed by atoms with Crippen LogP contribution in [0.2, 0.25) is 0 Å². The number of carboxylic acids is 1. The lowest BCUT2D eigenvalue weighted by molar-refractivity contribution is -0.156. The summed E-state index contributed by atoms with van der Waals surface area (Å²) in [5.41, 5.74) is 0.994. The molecule has 1 heterocycles. The van der Waals surface area contributed by atoms with Crippen molar-refractivity contribution in [3.05, 3.63) is 47.5 Å². The monoisotopic (exact) mass is 370 g/mol. The van der Waals surface area contributed by atoms with Gasteiger partial charge in [0.05, 0.1) is 23.7 Å². The van der Waals surface area contributed by atoms with Crippen molar-refractivity contribution in [2.45, 2.75) is 39.3 Å². The van der Waals surface area contributed by atoms with Gasteiger partial charge in [0.2, 0.25) is 0 Å². The minimum absolute atomic E-state index is 0.351. The van der Waals surface area contributed by atoms with Crippen LogP contribution in [-0.4, -0.2) is 39.2 Å². The highest BCUT2D eigenvalue weighted by molar-refractivity contribution is 5.85. The van der Waals surface area contributed by atoms with Crippen LogP contribution < -0.4 is 4.90 Å². The number of carbonyl (C=O) groups is 2. The number of anilines is 1. The van der Waals surface area contributed by atoms with E-state index in [1.54, 1.807) is 45.9 Å². The Labute approximate surface area is 157 Å². The third-order valence-corrected chi connectivity index (χ3v) is 3.68. The molecule has 0 amide bonds. The van der Waals surface area contributed by atoms with Crippen molar-refractivity contribution in [2.24, 2.45) is 0 Å². The number of hydrogen-bond acceptors (Lipinski definition) is 6. The van der Waals surface area contributed by atoms with Gasteiger partial charge in [-0.15, -0.1) is 0 Å². The molecule has 1 aromatic heterocycles. The Balaban J connectivity index is 2.59. The van der Waals surface area contributed by atoms with Crippen LogP contribution in [0.1, 0.15) is 43.8 Å². The number of aromatic nitrogens is 2. The second-order valence-corrected chi connectivity index (χ2v) is 7.03. The molecule has 0 bridgehead atoms. The summed E-state index contributed by atoms with van der Waals surface area (Å²) < 4.78 is 5.53. The molecule has 2 rings (SSSR count). The second-order valence-electron chi connectivity index (χ2n) is 7.03. The normalized spacial score (nSPS) is 12.1. The summed E-state index contributed by atoms with van der Waals surface area (Å²) in [4.78, 5) is 33.0. The van der Waals surface area contributed by atoms with E-state index in [-0.39, 0.29) is 0 Å². The number of nitrogens with one attached hydrogen (secondary N) is 1. The third-order valence-electron chi connectivity index (χ3n) is 3.68. The van der Waals surface area contributed by atoms with Crippen molar-refractivity contribution >= 4 is 17.6 Å². The molecule has 1 aromatic carbocycles. The number of carboxylic acid groups (broad SMARTS) is 1. The highest BCUT2D eigenvalue weighted by Crippen LogP contribution is 2.30. The smallest absolute Gasteiger partial charge is 0.335 e. The van der Waals surface area contributed by atoms with Crippen LogP contribution in [0, 0.1) is 18.3 Å². The largest absolute Gasteiger partial charge is 0.480 e. The molecular weight excluding hydrogens is 348 g/mol. The van der Waals surface area contributed by atoms with Crippen LogP contribution in [-0.2, 0) is 14.3 Å².